The second-order valence-electron chi connectivity index (χ2n) is 4.09. The molecule has 0 aromatic heterocycles. The molecular weight excluding hydrogens is 200 g/mol. The normalized spacial score (nSPS) is 22.9. The molecule has 0 amide bonds. The lowest BCUT2D eigenvalue weighted by Gasteiger charge is -2.07. The topological polar surface area (TPSA) is 51.2 Å². The van der Waals surface area contributed by atoms with Gasteiger partial charge in [-0.25, -0.2) is 8.42 Å². The van der Waals surface area contributed by atoms with Gasteiger partial charge >= 0.3 is 0 Å². The maximum Gasteiger partial charge on any atom is 0.150 e. The summed E-state index contributed by atoms with van der Waals surface area (Å²) in [6.45, 7) is 1.87. The van der Waals surface area contributed by atoms with E-state index in [2.05, 4.69) is 0 Å². The molecule has 1 aliphatic carbocycles. The van der Waals surface area contributed by atoms with Crippen LogP contribution in [0.4, 0.5) is 0 Å². The molecule has 0 N–H and O–H groups in total. The van der Waals surface area contributed by atoms with Gasteiger partial charge in [0.05, 0.1) is 5.75 Å². The highest BCUT2D eigenvalue weighted by atomic mass is 32.2. The van der Waals surface area contributed by atoms with E-state index < -0.39 is 9.84 Å². The summed E-state index contributed by atoms with van der Waals surface area (Å²) in [6.07, 6.45) is 3.50. The van der Waals surface area contributed by atoms with Gasteiger partial charge < -0.3 is 0 Å². The van der Waals surface area contributed by atoms with Crippen molar-refractivity contribution in [2.45, 2.75) is 39.0 Å². The van der Waals surface area contributed by atoms with Crippen LogP contribution in [0.15, 0.2) is 0 Å². The number of hydrogen-bond acceptors (Lipinski definition) is 3. The number of carbonyl (C=O) groups is 1. The van der Waals surface area contributed by atoms with Crippen LogP contribution < -0.4 is 0 Å². The Morgan fingerprint density at radius 1 is 1.36 bits per heavy atom. The highest BCUT2D eigenvalue weighted by Crippen LogP contribution is 2.25. The first-order valence-corrected chi connectivity index (χ1v) is 7.08. The van der Waals surface area contributed by atoms with Gasteiger partial charge in [-0.2, -0.15) is 0 Å². The first kappa shape index (κ1) is 11.7. The van der Waals surface area contributed by atoms with E-state index >= 15 is 0 Å². The van der Waals surface area contributed by atoms with Gasteiger partial charge in [0.2, 0.25) is 0 Å². The van der Waals surface area contributed by atoms with E-state index in [9.17, 15) is 13.2 Å². The summed E-state index contributed by atoms with van der Waals surface area (Å²) in [7, 11) is -2.85. The van der Waals surface area contributed by atoms with Crippen molar-refractivity contribution in [3.05, 3.63) is 0 Å². The maximum absolute atomic E-state index is 11.4. The molecule has 14 heavy (non-hydrogen) atoms. The fourth-order valence-electron chi connectivity index (χ4n) is 1.90. The first-order chi connectivity index (χ1) is 6.53. The zero-order chi connectivity index (χ0) is 10.6. The fraction of sp³-hybridized carbons (Fsp3) is 0.900. The van der Waals surface area contributed by atoms with Crippen molar-refractivity contribution in [1.29, 1.82) is 0 Å². The van der Waals surface area contributed by atoms with Crippen LogP contribution in [0.2, 0.25) is 0 Å². The lowest BCUT2D eigenvalue weighted by Crippen LogP contribution is -2.13. The van der Waals surface area contributed by atoms with Gasteiger partial charge in [-0.3, -0.25) is 4.79 Å². The number of hydrogen-bond donors (Lipinski definition) is 0. The van der Waals surface area contributed by atoms with Crippen molar-refractivity contribution in [2.75, 3.05) is 11.5 Å². The van der Waals surface area contributed by atoms with Crippen LogP contribution in [0.1, 0.15) is 39.0 Å². The van der Waals surface area contributed by atoms with E-state index in [1.165, 1.54) is 0 Å². The van der Waals surface area contributed by atoms with Gasteiger partial charge in [-0.15, -0.1) is 0 Å². The van der Waals surface area contributed by atoms with Crippen LogP contribution in [0, 0.1) is 5.92 Å². The first-order valence-electron chi connectivity index (χ1n) is 5.25. The molecule has 0 saturated heterocycles. The Bertz CT molecular complexity index is 292. The van der Waals surface area contributed by atoms with E-state index in [1.54, 1.807) is 0 Å². The van der Waals surface area contributed by atoms with Crippen molar-refractivity contribution >= 4 is 15.6 Å². The number of carbonyl (C=O) groups excluding carboxylic acids is 1. The second-order valence-corrected chi connectivity index (χ2v) is 6.39. The third kappa shape index (κ3) is 3.78. The van der Waals surface area contributed by atoms with Gasteiger partial charge in [0.1, 0.15) is 15.6 Å². The molecule has 0 aliphatic heterocycles. The predicted molar refractivity (Wildman–Crippen MR) is 55.9 cm³/mol. The molecule has 1 unspecified atom stereocenters. The van der Waals surface area contributed by atoms with Gasteiger partial charge in [0.15, 0.2) is 0 Å². The molecule has 1 rings (SSSR count). The van der Waals surface area contributed by atoms with E-state index in [4.69, 9.17) is 0 Å². The SMILES string of the molecule is CCCS(=O)(=O)CCC1CCC(=O)C1. The Morgan fingerprint density at radius 2 is 2.07 bits per heavy atom. The zero-order valence-electron chi connectivity index (χ0n) is 8.66. The summed E-state index contributed by atoms with van der Waals surface area (Å²) in [5.74, 6) is 1.17. The smallest absolute Gasteiger partial charge is 0.150 e. The third-order valence-corrected chi connectivity index (χ3v) is 4.59. The maximum atomic E-state index is 11.4. The summed E-state index contributed by atoms with van der Waals surface area (Å²) >= 11 is 0. The number of ketones is 1. The van der Waals surface area contributed by atoms with Gasteiger partial charge in [0, 0.05) is 18.6 Å². The molecule has 0 spiro atoms. The fourth-order valence-corrected chi connectivity index (χ4v) is 3.42. The number of rotatable bonds is 5. The number of Topliss-reactive ketones (excluding diaryl/α,β-unsaturated/α-hetero) is 1. The Kier molecular flexibility index (Phi) is 4.11. The molecule has 0 heterocycles. The molecule has 0 bridgehead atoms. The standard InChI is InChI=1S/C10H18O3S/c1-2-6-14(12,13)7-5-9-3-4-10(11)8-9/h9H,2-8H2,1H3. The van der Waals surface area contributed by atoms with E-state index in [0.717, 1.165) is 6.42 Å². The Labute approximate surface area is 85.8 Å². The summed E-state index contributed by atoms with van der Waals surface area (Å²) in [4.78, 5) is 11.0. The highest BCUT2D eigenvalue weighted by molar-refractivity contribution is 7.91. The molecule has 1 saturated carbocycles. The summed E-state index contributed by atoms with van der Waals surface area (Å²) in [5, 5.41) is 0. The van der Waals surface area contributed by atoms with Crippen LogP contribution in [0.25, 0.3) is 0 Å². The van der Waals surface area contributed by atoms with Gasteiger partial charge in [0.25, 0.3) is 0 Å². The lowest BCUT2D eigenvalue weighted by atomic mass is 10.1. The van der Waals surface area contributed by atoms with Crippen LogP contribution in [-0.4, -0.2) is 25.7 Å². The largest absolute Gasteiger partial charge is 0.300 e. The number of sulfone groups is 1. The molecule has 1 atom stereocenters. The quantitative estimate of drug-likeness (QED) is 0.704. The van der Waals surface area contributed by atoms with Crippen LogP contribution >= 0.6 is 0 Å². The second kappa shape index (κ2) is 4.91. The van der Waals surface area contributed by atoms with Crippen LogP contribution in [0.5, 0.6) is 0 Å². The molecule has 0 radical (unpaired) electrons. The van der Waals surface area contributed by atoms with E-state index in [1.807, 2.05) is 6.92 Å². The Hall–Kier alpha value is -0.380. The lowest BCUT2D eigenvalue weighted by molar-refractivity contribution is -0.117. The molecule has 4 heteroatoms. The third-order valence-electron chi connectivity index (χ3n) is 2.70. The average Bonchev–Trinajstić information content (AvgIpc) is 2.48. The van der Waals surface area contributed by atoms with E-state index in [-0.39, 0.29) is 11.5 Å². The molecule has 82 valence electrons. The summed E-state index contributed by atoms with van der Waals surface area (Å²) in [5.41, 5.74) is 0. The Morgan fingerprint density at radius 3 is 2.57 bits per heavy atom. The predicted octanol–water partition coefficient (Wildman–Crippen LogP) is 1.57. The van der Waals surface area contributed by atoms with Crippen LogP contribution in [0.3, 0.4) is 0 Å². The molecule has 1 aliphatic rings. The zero-order valence-corrected chi connectivity index (χ0v) is 9.48. The summed E-state index contributed by atoms with van der Waals surface area (Å²) < 4.78 is 22.8. The minimum Gasteiger partial charge on any atom is -0.300 e. The van der Waals surface area contributed by atoms with Crippen LogP contribution in [-0.2, 0) is 14.6 Å². The average molecular weight is 218 g/mol. The van der Waals surface area contributed by atoms with E-state index in [0.29, 0.717) is 37.4 Å². The Balaban J connectivity index is 2.30. The van der Waals surface area contributed by atoms with Crippen molar-refractivity contribution in [3.8, 4) is 0 Å². The minimum absolute atomic E-state index is 0.263. The summed E-state index contributed by atoms with van der Waals surface area (Å²) in [6, 6.07) is 0. The highest BCUT2D eigenvalue weighted by Gasteiger charge is 2.23. The molecule has 0 aromatic rings. The molecule has 3 nitrogen and oxygen atoms in total. The minimum atomic E-state index is -2.85. The van der Waals surface area contributed by atoms with Crippen molar-refractivity contribution in [3.63, 3.8) is 0 Å². The van der Waals surface area contributed by atoms with Crippen molar-refractivity contribution in [1.82, 2.24) is 0 Å². The molecule has 1 fully saturated rings. The van der Waals surface area contributed by atoms with Crippen molar-refractivity contribution < 1.29 is 13.2 Å². The molecular formula is C10H18O3S. The monoisotopic (exact) mass is 218 g/mol. The molecule has 0 aromatic carbocycles. The van der Waals surface area contributed by atoms with Gasteiger partial charge in [-0.1, -0.05) is 6.92 Å². The van der Waals surface area contributed by atoms with Crippen molar-refractivity contribution in [2.24, 2.45) is 5.92 Å². The van der Waals surface area contributed by atoms with Gasteiger partial charge in [-0.05, 0) is 25.2 Å².